The first-order valence-electron chi connectivity index (χ1n) is 3.40. The summed E-state index contributed by atoms with van der Waals surface area (Å²) in [6, 6.07) is 0. The van der Waals surface area contributed by atoms with Crippen LogP contribution >= 0.6 is 47.8 Å². The molecule has 0 saturated heterocycles. The van der Waals surface area contributed by atoms with Crippen molar-refractivity contribution in [2.45, 2.75) is 0 Å². The predicted molar refractivity (Wildman–Crippen MR) is 65.9 cm³/mol. The number of halogens is 3. The molecule has 0 unspecified atom stereocenters. The second-order valence-corrected chi connectivity index (χ2v) is 4.83. The van der Waals surface area contributed by atoms with E-state index in [9.17, 15) is 5.11 Å². The van der Waals surface area contributed by atoms with Crippen LogP contribution in [0.25, 0.3) is 0 Å². The topological polar surface area (TPSA) is 29.5 Å². The van der Waals surface area contributed by atoms with Gasteiger partial charge in [-0.05, 0) is 31.9 Å². The Morgan fingerprint density at radius 2 is 1.69 bits per heavy atom. The van der Waals surface area contributed by atoms with Crippen LogP contribution in [0.2, 0.25) is 0 Å². The summed E-state index contributed by atoms with van der Waals surface area (Å²) >= 11 is 9.99. The van der Waals surface area contributed by atoms with Crippen molar-refractivity contribution in [3.8, 4) is 11.5 Å². The molecule has 1 rings (SSSR count). The van der Waals surface area contributed by atoms with E-state index in [0.29, 0.717) is 14.7 Å². The molecule has 1 aromatic rings. The third-order valence-corrected chi connectivity index (χ3v) is 4.93. The second-order valence-electron chi connectivity index (χ2n) is 2.45. The number of phenols is 1. The molecule has 1 N–H and O–H groups in total. The lowest BCUT2D eigenvalue weighted by Gasteiger charge is -2.12. The molecule has 0 atom stereocenters. The lowest BCUT2D eigenvalue weighted by atomic mass is 9.96. The molecule has 0 aliphatic carbocycles. The van der Waals surface area contributed by atoms with Crippen molar-refractivity contribution in [3.63, 3.8) is 0 Å². The highest BCUT2D eigenvalue weighted by molar-refractivity contribution is 9.13. The molecule has 13 heavy (non-hydrogen) atoms. The highest BCUT2D eigenvalue weighted by atomic mass is 79.9. The van der Waals surface area contributed by atoms with Crippen LogP contribution in [0.4, 0.5) is 0 Å². The van der Waals surface area contributed by atoms with Crippen LogP contribution in [0.1, 0.15) is 0 Å². The zero-order valence-electron chi connectivity index (χ0n) is 6.99. The van der Waals surface area contributed by atoms with E-state index < -0.39 is 0 Å². The van der Waals surface area contributed by atoms with Gasteiger partial charge in [-0.15, -0.1) is 0 Å². The molecule has 70 valence electrons. The van der Waals surface area contributed by atoms with Crippen LogP contribution in [0.15, 0.2) is 13.4 Å². The SMILES string of the molecule is Bc1c(Br)c(O)c(OC)c(Br)c1Br. The summed E-state index contributed by atoms with van der Waals surface area (Å²) in [6.45, 7) is 0. The van der Waals surface area contributed by atoms with Crippen LogP contribution < -0.4 is 10.2 Å². The standard InChI is InChI=1S/C7H6BBr3O2/c1-13-7-5(11)3(9)2(8)4(10)6(7)12/h12H,8H2,1H3. The molecule has 6 heteroatoms. The maximum absolute atomic E-state index is 9.66. The van der Waals surface area contributed by atoms with E-state index in [4.69, 9.17) is 4.74 Å². The molecule has 0 amide bonds. The van der Waals surface area contributed by atoms with Crippen LogP contribution in [-0.4, -0.2) is 20.1 Å². The molecular weight excluding hydrogens is 367 g/mol. The van der Waals surface area contributed by atoms with Gasteiger partial charge >= 0.3 is 0 Å². The number of methoxy groups -OCH3 is 1. The van der Waals surface area contributed by atoms with Crippen LogP contribution in [0, 0.1) is 0 Å². The number of hydrogen-bond acceptors (Lipinski definition) is 2. The summed E-state index contributed by atoms with van der Waals surface area (Å²) in [5, 5.41) is 9.66. The van der Waals surface area contributed by atoms with Crippen molar-refractivity contribution in [1.29, 1.82) is 0 Å². The summed E-state index contributed by atoms with van der Waals surface area (Å²) in [7, 11) is 3.39. The Balaban J connectivity index is 3.56. The van der Waals surface area contributed by atoms with Gasteiger partial charge in [0.05, 0.1) is 16.1 Å². The number of benzene rings is 1. The van der Waals surface area contributed by atoms with Crippen LogP contribution in [0.3, 0.4) is 0 Å². The molecule has 0 spiro atoms. The summed E-state index contributed by atoms with van der Waals surface area (Å²) < 4.78 is 7.26. The number of phenolic OH excluding ortho intramolecular Hbond substituents is 1. The molecule has 0 aliphatic heterocycles. The third kappa shape index (κ3) is 1.90. The Labute approximate surface area is 102 Å². The van der Waals surface area contributed by atoms with Gasteiger partial charge in [-0.2, -0.15) is 0 Å². The highest BCUT2D eigenvalue weighted by Crippen LogP contribution is 2.42. The minimum absolute atomic E-state index is 0.107. The van der Waals surface area contributed by atoms with E-state index in [2.05, 4.69) is 47.8 Å². The second kappa shape index (κ2) is 4.23. The highest BCUT2D eigenvalue weighted by Gasteiger charge is 2.17. The summed E-state index contributed by atoms with van der Waals surface area (Å²) in [6.07, 6.45) is 0. The van der Waals surface area contributed by atoms with Crippen LogP contribution in [0.5, 0.6) is 11.5 Å². The fraction of sp³-hybridized carbons (Fsp3) is 0.143. The quantitative estimate of drug-likeness (QED) is 0.603. The van der Waals surface area contributed by atoms with Crippen molar-refractivity contribution < 1.29 is 9.84 Å². The van der Waals surface area contributed by atoms with Gasteiger partial charge in [-0.3, -0.25) is 0 Å². The Kier molecular flexibility index (Phi) is 3.71. The third-order valence-electron chi connectivity index (χ3n) is 1.68. The van der Waals surface area contributed by atoms with Gasteiger partial charge in [0.25, 0.3) is 0 Å². The number of hydrogen-bond donors (Lipinski definition) is 1. The first-order valence-corrected chi connectivity index (χ1v) is 5.78. The predicted octanol–water partition coefficient (Wildman–Crippen LogP) is 1.95. The van der Waals surface area contributed by atoms with Gasteiger partial charge in [0.15, 0.2) is 11.5 Å². The van der Waals surface area contributed by atoms with Gasteiger partial charge < -0.3 is 9.84 Å². The normalized spacial score (nSPS) is 10.2. The van der Waals surface area contributed by atoms with E-state index in [-0.39, 0.29) is 5.75 Å². The minimum Gasteiger partial charge on any atom is -0.503 e. The Morgan fingerprint density at radius 3 is 2.15 bits per heavy atom. The van der Waals surface area contributed by atoms with Gasteiger partial charge in [0.1, 0.15) is 7.85 Å². The molecule has 0 bridgehead atoms. The fourth-order valence-electron chi connectivity index (χ4n) is 0.928. The van der Waals surface area contributed by atoms with E-state index in [1.54, 1.807) is 0 Å². The minimum atomic E-state index is 0.107. The summed E-state index contributed by atoms with van der Waals surface area (Å²) in [5.74, 6) is 0.527. The average molecular weight is 373 g/mol. The first-order chi connectivity index (χ1) is 6.00. The zero-order chi connectivity index (χ0) is 10.2. The van der Waals surface area contributed by atoms with Crippen LogP contribution in [-0.2, 0) is 0 Å². The summed E-state index contributed by atoms with van der Waals surface area (Å²) in [5.41, 5.74) is 0.921. The molecule has 0 heterocycles. The molecule has 0 radical (unpaired) electrons. The number of rotatable bonds is 1. The maximum Gasteiger partial charge on any atom is 0.176 e. The lowest BCUT2D eigenvalue weighted by Crippen LogP contribution is -2.08. The first kappa shape index (κ1) is 11.4. The number of ether oxygens (including phenoxy) is 1. The fourth-order valence-corrected chi connectivity index (χ4v) is 2.60. The van der Waals surface area contributed by atoms with Crippen molar-refractivity contribution in [1.82, 2.24) is 0 Å². The van der Waals surface area contributed by atoms with E-state index in [1.807, 2.05) is 7.85 Å². The van der Waals surface area contributed by atoms with Crippen molar-refractivity contribution in [3.05, 3.63) is 13.4 Å². The van der Waals surface area contributed by atoms with E-state index in [1.165, 1.54) is 7.11 Å². The Morgan fingerprint density at radius 1 is 1.15 bits per heavy atom. The van der Waals surface area contributed by atoms with Gasteiger partial charge in [-0.1, -0.05) is 21.4 Å². The maximum atomic E-state index is 9.66. The molecule has 0 aromatic heterocycles. The summed E-state index contributed by atoms with van der Waals surface area (Å²) in [4.78, 5) is 0. The largest absolute Gasteiger partial charge is 0.503 e. The zero-order valence-corrected chi connectivity index (χ0v) is 11.7. The smallest absolute Gasteiger partial charge is 0.176 e. The van der Waals surface area contributed by atoms with Crippen molar-refractivity contribution in [2.75, 3.05) is 7.11 Å². The van der Waals surface area contributed by atoms with Gasteiger partial charge in [-0.25, -0.2) is 0 Å². The molecular formula is C7H6BBr3O2. The molecule has 0 fully saturated rings. The number of aromatic hydroxyl groups is 1. The Bertz CT molecular complexity index is 325. The monoisotopic (exact) mass is 370 g/mol. The van der Waals surface area contributed by atoms with E-state index >= 15 is 0 Å². The van der Waals surface area contributed by atoms with Crippen molar-refractivity contribution >= 4 is 61.1 Å². The van der Waals surface area contributed by atoms with Crippen molar-refractivity contribution in [2.24, 2.45) is 0 Å². The van der Waals surface area contributed by atoms with Gasteiger partial charge in [0.2, 0.25) is 0 Å². The Hall–Kier alpha value is 0.325. The van der Waals surface area contributed by atoms with E-state index in [0.717, 1.165) is 9.94 Å². The molecule has 2 nitrogen and oxygen atoms in total. The van der Waals surface area contributed by atoms with Gasteiger partial charge in [0, 0.05) is 4.47 Å². The molecule has 1 aromatic carbocycles. The average Bonchev–Trinajstić information content (AvgIpc) is 2.13. The molecule has 0 saturated carbocycles. The lowest BCUT2D eigenvalue weighted by molar-refractivity contribution is 0.369. The molecule has 0 aliphatic rings.